The predicted octanol–water partition coefficient (Wildman–Crippen LogP) is 1.22. The van der Waals surface area contributed by atoms with Crippen molar-refractivity contribution in [3.63, 3.8) is 0 Å². The number of amides is 1. The van der Waals surface area contributed by atoms with Crippen molar-refractivity contribution in [1.29, 1.82) is 0 Å². The molecule has 0 unspecified atom stereocenters. The summed E-state index contributed by atoms with van der Waals surface area (Å²) in [6.07, 6.45) is 1.86. The van der Waals surface area contributed by atoms with Crippen molar-refractivity contribution in [3.8, 4) is 11.5 Å². The number of fused-ring (bicyclic) bond motifs is 1. The van der Waals surface area contributed by atoms with Crippen LogP contribution in [-0.2, 0) is 9.53 Å². The molecule has 22 heavy (non-hydrogen) atoms. The van der Waals surface area contributed by atoms with Crippen molar-refractivity contribution in [2.24, 2.45) is 0 Å². The van der Waals surface area contributed by atoms with E-state index >= 15 is 0 Å². The van der Waals surface area contributed by atoms with Crippen LogP contribution in [-0.4, -0.2) is 50.4 Å². The number of morpholine rings is 1. The van der Waals surface area contributed by atoms with Gasteiger partial charge in [0.2, 0.25) is 0 Å². The van der Waals surface area contributed by atoms with E-state index in [2.05, 4.69) is 5.43 Å². The Kier molecular flexibility index (Phi) is 4.60. The molecule has 2 aliphatic heterocycles. The molecule has 1 aromatic rings. The molecule has 1 amide bonds. The Labute approximate surface area is 129 Å². The van der Waals surface area contributed by atoms with Gasteiger partial charge in [-0.1, -0.05) is 12.1 Å². The average molecular weight is 304 g/mol. The quantitative estimate of drug-likeness (QED) is 0.906. The van der Waals surface area contributed by atoms with Gasteiger partial charge in [0.1, 0.15) is 6.61 Å². The molecule has 0 aliphatic carbocycles. The van der Waals surface area contributed by atoms with E-state index in [-0.39, 0.29) is 12.5 Å². The Morgan fingerprint density at radius 2 is 2.18 bits per heavy atom. The number of ether oxygens (including phenoxy) is 3. The van der Waals surface area contributed by atoms with Crippen LogP contribution >= 0.6 is 0 Å². The number of carbonyl (C=O) groups excluding carboxylic acids is 1. The molecule has 1 N–H and O–H groups in total. The van der Waals surface area contributed by atoms with Gasteiger partial charge >= 0.3 is 0 Å². The normalized spacial score (nSPS) is 18.0. The van der Waals surface area contributed by atoms with Crippen molar-refractivity contribution in [2.45, 2.75) is 6.92 Å². The maximum Gasteiger partial charge on any atom is 0.264 e. The molecule has 3 rings (SSSR count). The molecule has 6 heteroatoms. The predicted molar refractivity (Wildman–Crippen MR) is 81.6 cm³/mol. The highest BCUT2D eigenvalue weighted by atomic mass is 16.5. The third kappa shape index (κ3) is 3.23. The molecule has 0 saturated carbocycles. The van der Waals surface area contributed by atoms with Gasteiger partial charge in [0.25, 0.3) is 5.91 Å². The zero-order chi connectivity index (χ0) is 15.4. The van der Waals surface area contributed by atoms with Gasteiger partial charge in [-0.25, -0.2) is 5.01 Å². The summed E-state index contributed by atoms with van der Waals surface area (Å²) in [5, 5.41) is 1.87. The van der Waals surface area contributed by atoms with Crippen LogP contribution in [0, 0.1) is 0 Å². The Hall–Kier alpha value is -2.05. The van der Waals surface area contributed by atoms with E-state index in [0.29, 0.717) is 50.0 Å². The fourth-order valence-electron chi connectivity index (χ4n) is 2.47. The van der Waals surface area contributed by atoms with Gasteiger partial charge in [-0.2, -0.15) is 0 Å². The second-order valence-corrected chi connectivity index (χ2v) is 5.11. The Bertz CT molecular complexity index is 580. The lowest BCUT2D eigenvalue weighted by atomic mass is 10.1. The number of rotatable bonds is 4. The molecule has 118 valence electrons. The van der Waals surface area contributed by atoms with Crippen molar-refractivity contribution < 1.29 is 19.0 Å². The SMILES string of the molecule is CCOc1cccc2c1OCC(C(=O)NN1CCOCC1)=C2. The van der Waals surface area contributed by atoms with E-state index in [0.717, 1.165) is 5.56 Å². The van der Waals surface area contributed by atoms with Crippen LogP contribution in [0.3, 0.4) is 0 Å². The average Bonchev–Trinajstić information content (AvgIpc) is 2.56. The number of hydrogen-bond donors (Lipinski definition) is 1. The fourth-order valence-corrected chi connectivity index (χ4v) is 2.47. The first kappa shape index (κ1) is 14.9. The molecule has 0 atom stereocenters. The molecule has 2 aliphatic rings. The molecular formula is C16H20N2O4. The maximum absolute atomic E-state index is 12.3. The highest BCUT2D eigenvalue weighted by Crippen LogP contribution is 2.35. The minimum absolute atomic E-state index is 0.130. The summed E-state index contributed by atoms with van der Waals surface area (Å²) in [5.41, 5.74) is 4.36. The molecule has 6 nitrogen and oxygen atoms in total. The number of nitrogens with zero attached hydrogens (tertiary/aromatic N) is 1. The van der Waals surface area contributed by atoms with Crippen molar-refractivity contribution in [3.05, 3.63) is 29.3 Å². The topological polar surface area (TPSA) is 60.0 Å². The third-order valence-electron chi connectivity index (χ3n) is 3.57. The second kappa shape index (κ2) is 6.81. The van der Waals surface area contributed by atoms with Gasteiger partial charge in [0.15, 0.2) is 11.5 Å². The van der Waals surface area contributed by atoms with Crippen LogP contribution in [0.4, 0.5) is 0 Å². The second-order valence-electron chi connectivity index (χ2n) is 5.11. The van der Waals surface area contributed by atoms with E-state index in [1.807, 2.05) is 36.2 Å². The summed E-state index contributed by atoms with van der Waals surface area (Å²) < 4.78 is 16.5. The van der Waals surface area contributed by atoms with Crippen LogP contribution in [0.25, 0.3) is 6.08 Å². The van der Waals surface area contributed by atoms with Crippen LogP contribution in [0.15, 0.2) is 23.8 Å². The summed E-state index contributed by atoms with van der Waals surface area (Å²) in [4.78, 5) is 12.3. The maximum atomic E-state index is 12.3. The molecule has 0 spiro atoms. The van der Waals surface area contributed by atoms with Gasteiger partial charge in [0, 0.05) is 18.7 Å². The highest BCUT2D eigenvalue weighted by molar-refractivity contribution is 5.99. The van der Waals surface area contributed by atoms with Crippen LogP contribution in [0.2, 0.25) is 0 Å². The molecule has 1 aromatic carbocycles. The number of hydrazine groups is 1. The largest absolute Gasteiger partial charge is 0.490 e. The number of nitrogens with one attached hydrogen (secondary N) is 1. The van der Waals surface area contributed by atoms with E-state index < -0.39 is 0 Å². The number of hydrogen-bond acceptors (Lipinski definition) is 5. The smallest absolute Gasteiger partial charge is 0.264 e. The Morgan fingerprint density at radius 1 is 1.36 bits per heavy atom. The molecule has 0 bridgehead atoms. The first-order valence-corrected chi connectivity index (χ1v) is 7.51. The van der Waals surface area contributed by atoms with Crippen molar-refractivity contribution in [2.75, 3.05) is 39.5 Å². The summed E-state index contributed by atoms with van der Waals surface area (Å²) in [6, 6.07) is 5.68. The van der Waals surface area contributed by atoms with Gasteiger partial charge in [0.05, 0.1) is 25.4 Å². The minimum atomic E-state index is -0.130. The standard InChI is InChI=1S/C16H20N2O4/c1-2-21-14-5-3-4-12-10-13(11-22-15(12)14)16(19)17-18-6-8-20-9-7-18/h3-5,10H,2,6-9,11H2,1H3,(H,17,19). The van der Waals surface area contributed by atoms with E-state index in [1.54, 1.807) is 0 Å². The van der Waals surface area contributed by atoms with Gasteiger partial charge in [-0.3, -0.25) is 10.2 Å². The highest BCUT2D eigenvalue weighted by Gasteiger charge is 2.22. The summed E-state index contributed by atoms with van der Waals surface area (Å²) >= 11 is 0. The summed E-state index contributed by atoms with van der Waals surface area (Å²) in [7, 11) is 0. The molecule has 2 heterocycles. The van der Waals surface area contributed by atoms with Gasteiger partial charge in [-0.15, -0.1) is 0 Å². The Morgan fingerprint density at radius 3 is 2.95 bits per heavy atom. The van der Waals surface area contributed by atoms with E-state index in [1.165, 1.54) is 0 Å². The van der Waals surface area contributed by atoms with E-state index in [4.69, 9.17) is 14.2 Å². The van der Waals surface area contributed by atoms with E-state index in [9.17, 15) is 4.79 Å². The van der Waals surface area contributed by atoms with Gasteiger partial charge < -0.3 is 14.2 Å². The molecule has 1 saturated heterocycles. The zero-order valence-corrected chi connectivity index (χ0v) is 12.6. The molecule has 1 fully saturated rings. The number of carbonyl (C=O) groups is 1. The van der Waals surface area contributed by atoms with Crippen LogP contribution in [0.5, 0.6) is 11.5 Å². The number of benzene rings is 1. The zero-order valence-electron chi connectivity index (χ0n) is 12.6. The summed E-state index contributed by atoms with van der Waals surface area (Å²) in [5.74, 6) is 1.28. The monoisotopic (exact) mass is 304 g/mol. The van der Waals surface area contributed by atoms with Crippen LogP contribution < -0.4 is 14.9 Å². The molecule has 0 aromatic heterocycles. The minimum Gasteiger partial charge on any atom is -0.490 e. The first-order valence-electron chi connectivity index (χ1n) is 7.51. The molecular weight excluding hydrogens is 284 g/mol. The first-order chi connectivity index (χ1) is 10.8. The lowest BCUT2D eigenvalue weighted by Gasteiger charge is -2.28. The molecule has 0 radical (unpaired) electrons. The lowest BCUT2D eigenvalue weighted by Crippen LogP contribution is -2.49. The fraction of sp³-hybridized carbons (Fsp3) is 0.438. The summed E-state index contributed by atoms with van der Waals surface area (Å²) in [6.45, 7) is 5.42. The van der Waals surface area contributed by atoms with Crippen molar-refractivity contribution in [1.82, 2.24) is 10.4 Å². The third-order valence-corrected chi connectivity index (χ3v) is 3.57. The lowest BCUT2D eigenvalue weighted by molar-refractivity contribution is -0.124. The Balaban J connectivity index is 1.73. The van der Waals surface area contributed by atoms with Crippen molar-refractivity contribution >= 4 is 12.0 Å². The van der Waals surface area contributed by atoms with Crippen LogP contribution in [0.1, 0.15) is 12.5 Å². The number of para-hydroxylation sites is 1. The van der Waals surface area contributed by atoms with Gasteiger partial charge in [-0.05, 0) is 19.1 Å².